The zero-order valence-electron chi connectivity index (χ0n) is 10.0. The topological polar surface area (TPSA) is 68.0 Å². The lowest BCUT2D eigenvalue weighted by Crippen LogP contribution is -2.09. The molecule has 2 heterocycles. The molecule has 0 aliphatic rings. The zero-order chi connectivity index (χ0) is 14.9. The van der Waals surface area contributed by atoms with E-state index < -0.39 is 23.3 Å². The molecule has 0 aliphatic carbocycles. The molecule has 20 heavy (non-hydrogen) atoms. The number of carbonyl (C=O) groups is 1. The highest BCUT2D eigenvalue weighted by Crippen LogP contribution is 2.33. The van der Waals surface area contributed by atoms with Crippen molar-refractivity contribution in [2.45, 2.75) is 11.2 Å². The summed E-state index contributed by atoms with van der Waals surface area (Å²) in [5.74, 6) is -1.47. The fraction of sp³-hybridized carbons (Fsp3) is 0.182. The van der Waals surface area contributed by atoms with Gasteiger partial charge in [-0.2, -0.15) is 13.2 Å². The van der Waals surface area contributed by atoms with Crippen LogP contribution in [-0.2, 0) is 6.18 Å². The molecular weight excluding hydrogens is 295 g/mol. The monoisotopic (exact) mass is 303 g/mol. The van der Waals surface area contributed by atoms with E-state index in [9.17, 15) is 18.0 Å². The number of nitrogens with zero attached hydrogens (tertiary/aromatic N) is 3. The third kappa shape index (κ3) is 2.77. The summed E-state index contributed by atoms with van der Waals surface area (Å²) < 4.78 is 39.3. The second-order valence-electron chi connectivity index (χ2n) is 3.71. The van der Waals surface area contributed by atoms with Crippen LogP contribution in [0, 0.1) is 0 Å². The first-order valence-electron chi connectivity index (χ1n) is 5.22. The van der Waals surface area contributed by atoms with Gasteiger partial charge in [-0.1, -0.05) is 0 Å². The van der Waals surface area contributed by atoms with Crippen LogP contribution in [0.5, 0.6) is 0 Å². The summed E-state index contributed by atoms with van der Waals surface area (Å²) in [5.41, 5.74) is -2.03. The van der Waals surface area contributed by atoms with Crippen LogP contribution in [0.25, 0.3) is 5.82 Å². The van der Waals surface area contributed by atoms with E-state index in [1.54, 1.807) is 6.26 Å². The number of alkyl halides is 3. The molecule has 0 aliphatic heterocycles. The summed E-state index contributed by atoms with van der Waals surface area (Å²) in [4.78, 5) is 18.6. The van der Waals surface area contributed by atoms with Crippen LogP contribution >= 0.6 is 11.8 Å². The Kier molecular flexibility index (Phi) is 3.71. The average molecular weight is 303 g/mol. The molecule has 5 nitrogen and oxygen atoms in total. The van der Waals surface area contributed by atoms with Gasteiger partial charge in [0.05, 0.1) is 11.1 Å². The smallest absolute Gasteiger partial charge is 0.418 e. The van der Waals surface area contributed by atoms with Gasteiger partial charge in [0.25, 0.3) is 0 Å². The largest absolute Gasteiger partial charge is 0.478 e. The fourth-order valence-electron chi connectivity index (χ4n) is 1.57. The normalized spacial score (nSPS) is 11.6. The van der Waals surface area contributed by atoms with E-state index in [0.717, 1.165) is 10.8 Å². The van der Waals surface area contributed by atoms with Crippen molar-refractivity contribution < 1.29 is 23.1 Å². The van der Waals surface area contributed by atoms with Crippen LogP contribution in [0.1, 0.15) is 15.9 Å². The van der Waals surface area contributed by atoms with Gasteiger partial charge in [0, 0.05) is 18.5 Å². The van der Waals surface area contributed by atoms with Crippen LogP contribution in [0.4, 0.5) is 13.2 Å². The Labute approximate surface area is 115 Å². The lowest BCUT2D eigenvalue weighted by Gasteiger charge is -2.04. The molecular formula is C11H8F3N3O2S. The van der Waals surface area contributed by atoms with E-state index in [-0.39, 0.29) is 5.82 Å². The van der Waals surface area contributed by atoms with Gasteiger partial charge in [-0.25, -0.2) is 14.8 Å². The second kappa shape index (κ2) is 5.16. The van der Waals surface area contributed by atoms with Crippen LogP contribution in [0.2, 0.25) is 0 Å². The standard InChI is InChI=1S/C11H8F3N3O2S/c1-20-9-2-8(15-5-16-9)17-3-6(10(18)19)7(4-17)11(12,13)14/h2-5H,1H3,(H,18,19). The molecule has 0 saturated heterocycles. The van der Waals surface area contributed by atoms with Crippen LogP contribution in [0.15, 0.2) is 29.8 Å². The number of carboxylic acids is 1. The lowest BCUT2D eigenvalue weighted by atomic mass is 10.2. The highest BCUT2D eigenvalue weighted by atomic mass is 32.2. The minimum absolute atomic E-state index is 0.169. The van der Waals surface area contributed by atoms with E-state index in [4.69, 9.17) is 5.11 Å². The summed E-state index contributed by atoms with van der Waals surface area (Å²) in [5, 5.41) is 9.40. The summed E-state index contributed by atoms with van der Waals surface area (Å²) >= 11 is 1.30. The predicted octanol–water partition coefficient (Wildman–Crippen LogP) is 2.71. The first kappa shape index (κ1) is 14.4. The summed E-state index contributed by atoms with van der Waals surface area (Å²) in [6, 6.07) is 1.47. The number of carboxylic acid groups (broad SMARTS) is 1. The number of rotatable bonds is 3. The molecule has 1 N–H and O–H groups in total. The molecule has 0 radical (unpaired) electrons. The van der Waals surface area contributed by atoms with Crippen LogP contribution in [0.3, 0.4) is 0 Å². The molecule has 0 amide bonds. The molecule has 0 aromatic carbocycles. The number of aromatic carboxylic acids is 1. The Bertz CT molecular complexity index is 655. The van der Waals surface area contributed by atoms with E-state index in [1.807, 2.05) is 0 Å². The maximum atomic E-state index is 12.8. The van der Waals surface area contributed by atoms with Gasteiger partial charge in [0.1, 0.15) is 17.2 Å². The van der Waals surface area contributed by atoms with Crippen molar-refractivity contribution >= 4 is 17.7 Å². The fourth-order valence-corrected chi connectivity index (χ4v) is 1.94. The second-order valence-corrected chi connectivity index (χ2v) is 4.54. The highest BCUT2D eigenvalue weighted by molar-refractivity contribution is 7.98. The van der Waals surface area contributed by atoms with Gasteiger partial charge in [-0.3, -0.25) is 0 Å². The molecule has 0 saturated carbocycles. The van der Waals surface area contributed by atoms with Gasteiger partial charge < -0.3 is 9.67 Å². The Balaban J connectivity index is 2.56. The summed E-state index contributed by atoms with van der Waals surface area (Å²) in [6.45, 7) is 0. The van der Waals surface area contributed by atoms with Crippen molar-refractivity contribution in [3.8, 4) is 5.82 Å². The van der Waals surface area contributed by atoms with Gasteiger partial charge in [0.15, 0.2) is 0 Å². The van der Waals surface area contributed by atoms with Crippen LogP contribution < -0.4 is 0 Å². The molecule has 0 atom stereocenters. The minimum Gasteiger partial charge on any atom is -0.478 e. The van der Waals surface area contributed by atoms with E-state index >= 15 is 0 Å². The number of thioether (sulfide) groups is 1. The Morgan fingerprint density at radius 1 is 1.35 bits per heavy atom. The van der Waals surface area contributed by atoms with Crippen molar-refractivity contribution in [2.24, 2.45) is 0 Å². The third-order valence-electron chi connectivity index (χ3n) is 2.46. The first-order valence-corrected chi connectivity index (χ1v) is 6.44. The van der Waals surface area contributed by atoms with E-state index in [2.05, 4.69) is 9.97 Å². The molecule has 2 aromatic rings. The summed E-state index contributed by atoms with van der Waals surface area (Å²) in [7, 11) is 0. The Hall–Kier alpha value is -2.03. The quantitative estimate of drug-likeness (QED) is 0.697. The molecule has 0 fully saturated rings. The molecule has 0 unspecified atom stereocenters. The third-order valence-corrected chi connectivity index (χ3v) is 3.11. The van der Waals surface area contributed by atoms with Gasteiger partial charge in [0.2, 0.25) is 0 Å². The molecule has 0 spiro atoms. The number of hydrogen-bond acceptors (Lipinski definition) is 4. The molecule has 9 heteroatoms. The zero-order valence-corrected chi connectivity index (χ0v) is 10.9. The van der Waals surface area contributed by atoms with Gasteiger partial charge >= 0.3 is 12.1 Å². The number of hydrogen-bond donors (Lipinski definition) is 1. The van der Waals surface area contributed by atoms with Gasteiger partial charge in [-0.05, 0) is 6.26 Å². The van der Waals surface area contributed by atoms with E-state index in [0.29, 0.717) is 11.2 Å². The van der Waals surface area contributed by atoms with Crippen molar-refractivity contribution in [3.05, 3.63) is 35.9 Å². The number of halogens is 3. The van der Waals surface area contributed by atoms with Crippen molar-refractivity contribution in [1.82, 2.24) is 14.5 Å². The SMILES string of the molecule is CSc1cc(-n2cc(C(=O)O)c(C(F)(F)F)c2)ncn1. The lowest BCUT2D eigenvalue weighted by molar-refractivity contribution is -0.138. The Morgan fingerprint density at radius 2 is 2.05 bits per heavy atom. The first-order chi connectivity index (χ1) is 9.32. The highest BCUT2D eigenvalue weighted by Gasteiger charge is 2.37. The predicted molar refractivity (Wildman–Crippen MR) is 65.1 cm³/mol. The number of aromatic nitrogens is 3. The van der Waals surface area contributed by atoms with Crippen molar-refractivity contribution in [3.63, 3.8) is 0 Å². The molecule has 2 aromatic heterocycles. The average Bonchev–Trinajstić information content (AvgIpc) is 2.84. The van der Waals surface area contributed by atoms with Crippen molar-refractivity contribution in [2.75, 3.05) is 6.26 Å². The Morgan fingerprint density at radius 3 is 2.55 bits per heavy atom. The van der Waals surface area contributed by atoms with Crippen LogP contribution in [-0.4, -0.2) is 31.9 Å². The maximum absolute atomic E-state index is 12.8. The van der Waals surface area contributed by atoms with E-state index in [1.165, 1.54) is 24.2 Å². The molecule has 2 rings (SSSR count). The maximum Gasteiger partial charge on any atom is 0.418 e. The van der Waals surface area contributed by atoms with Crippen molar-refractivity contribution in [1.29, 1.82) is 0 Å². The minimum atomic E-state index is -4.74. The molecule has 0 bridgehead atoms. The molecule has 106 valence electrons. The summed E-state index contributed by atoms with van der Waals surface area (Å²) in [6.07, 6.45) is -0.192. The van der Waals surface area contributed by atoms with Gasteiger partial charge in [-0.15, -0.1) is 11.8 Å².